The molecule has 17 heteroatoms. The van der Waals surface area contributed by atoms with Crippen LogP contribution in [-0.2, 0) is 32.3 Å². The van der Waals surface area contributed by atoms with Crippen molar-refractivity contribution in [3.8, 4) is 5.88 Å². The van der Waals surface area contributed by atoms with Crippen molar-refractivity contribution in [3.63, 3.8) is 0 Å². The van der Waals surface area contributed by atoms with Crippen LogP contribution in [0.5, 0.6) is 5.88 Å². The summed E-state index contributed by atoms with van der Waals surface area (Å²) >= 11 is 0. The number of halogens is 2. The SMILES string of the molecule is CCOc1nc(N)nc2c1ncn2[C@@H]1OC(CO[P@@]2(=O)OCC[C@@H](c3ccc(F)cc3F)O2)[C@H]2OC(=O)O[C@]21C. The maximum absolute atomic E-state index is 14.3. The van der Waals surface area contributed by atoms with Crippen molar-refractivity contribution in [2.75, 3.05) is 25.6 Å². The summed E-state index contributed by atoms with van der Waals surface area (Å²) in [6.45, 7) is 3.18. The minimum Gasteiger partial charge on any atom is -0.476 e. The van der Waals surface area contributed by atoms with Gasteiger partial charge in [0, 0.05) is 18.1 Å². The highest BCUT2D eigenvalue weighted by molar-refractivity contribution is 7.48. The highest BCUT2D eigenvalue weighted by Gasteiger charge is 2.64. The number of carbonyl (C=O) groups is 1. The number of phosphoric acid groups is 1. The van der Waals surface area contributed by atoms with Crippen molar-refractivity contribution in [2.24, 2.45) is 0 Å². The highest BCUT2D eigenvalue weighted by Crippen LogP contribution is 2.58. The van der Waals surface area contributed by atoms with Gasteiger partial charge < -0.3 is 24.7 Å². The van der Waals surface area contributed by atoms with E-state index in [1.54, 1.807) is 13.8 Å². The zero-order chi connectivity index (χ0) is 28.2. The van der Waals surface area contributed by atoms with E-state index in [0.717, 1.165) is 6.07 Å². The lowest BCUT2D eigenvalue weighted by Crippen LogP contribution is -2.42. The van der Waals surface area contributed by atoms with Crippen LogP contribution in [-0.4, -0.2) is 63.3 Å². The number of benzene rings is 1. The van der Waals surface area contributed by atoms with Crippen LogP contribution in [0.3, 0.4) is 0 Å². The van der Waals surface area contributed by atoms with Gasteiger partial charge in [-0.1, -0.05) is 6.07 Å². The molecule has 1 aromatic carbocycles. The molecule has 2 aromatic heterocycles. The van der Waals surface area contributed by atoms with Gasteiger partial charge in [-0.25, -0.2) is 23.1 Å². The first-order valence-corrected chi connectivity index (χ1v) is 13.8. The number of phosphoric ester groups is 1. The Morgan fingerprint density at radius 2 is 2.12 bits per heavy atom. The van der Waals surface area contributed by atoms with E-state index >= 15 is 0 Å². The number of anilines is 1. The first kappa shape index (κ1) is 26.8. The van der Waals surface area contributed by atoms with Crippen molar-refractivity contribution in [1.29, 1.82) is 0 Å². The van der Waals surface area contributed by atoms with E-state index in [9.17, 15) is 18.1 Å². The molecule has 14 nitrogen and oxygen atoms in total. The van der Waals surface area contributed by atoms with Gasteiger partial charge in [-0.2, -0.15) is 9.97 Å². The molecule has 0 aliphatic carbocycles. The monoisotopic (exact) mass is 583 g/mol. The second kappa shape index (κ2) is 9.89. The molecule has 6 rings (SSSR count). The molecule has 3 saturated heterocycles. The Balaban J connectivity index is 1.24. The summed E-state index contributed by atoms with van der Waals surface area (Å²) in [5.74, 6) is -1.52. The molecule has 3 aliphatic heterocycles. The smallest absolute Gasteiger partial charge is 0.476 e. The van der Waals surface area contributed by atoms with Gasteiger partial charge in [0.2, 0.25) is 11.8 Å². The number of hydrogen-bond donors (Lipinski definition) is 1. The van der Waals surface area contributed by atoms with E-state index < -0.39 is 62.4 Å². The van der Waals surface area contributed by atoms with Crippen molar-refractivity contribution in [3.05, 3.63) is 41.7 Å². The fourth-order valence-corrected chi connectivity index (χ4v) is 6.38. The summed E-state index contributed by atoms with van der Waals surface area (Å²) < 4.78 is 81.3. The lowest BCUT2D eigenvalue weighted by Gasteiger charge is -2.30. The largest absolute Gasteiger partial charge is 0.509 e. The minimum absolute atomic E-state index is 0.0103. The Kier molecular flexibility index (Phi) is 6.62. The third-order valence-electron chi connectivity index (χ3n) is 6.76. The number of ether oxygens (including phenoxy) is 4. The average molecular weight is 583 g/mol. The Labute approximate surface area is 225 Å². The number of fused-ring (bicyclic) bond motifs is 2. The van der Waals surface area contributed by atoms with Gasteiger partial charge in [0.1, 0.15) is 17.7 Å². The van der Waals surface area contributed by atoms with Gasteiger partial charge in [-0.05, 0) is 19.9 Å². The molecular weight excluding hydrogens is 559 g/mol. The first-order valence-electron chi connectivity index (χ1n) is 12.3. The number of nitrogens with two attached hydrogens (primary N) is 1. The van der Waals surface area contributed by atoms with E-state index in [-0.39, 0.29) is 36.1 Å². The molecule has 1 unspecified atom stereocenters. The molecule has 0 saturated carbocycles. The molecule has 40 heavy (non-hydrogen) atoms. The summed E-state index contributed by atoms with van der Waals surface area (Å²) in [4.78, 5) is 24.8. The molecule has 0 radical (unpaired) electrons. The molecular formula is C23H24F2N5O9P. The predicted molar refractivity (Wildman–Crippen MR) is 129 cm³/mol. The maximum atomic E-state index is 14.3. The second-order valence-corrected chi connectivity index (χ2v) is 11.0. The number of hydrogen-bond acceptors (Lipinski definition) is 13. The summed E-state index contributed by atoms with van der Waals surface area (Å²) in [6, 6.07) is 2.98. The fraction of sp³-hybridized carbons (Fsp3) is 0.478. The van der Waals surface area contributed by atoms with E-state index in [0.29, 0.717) is 18.2 Å². The van der Waals surface area contributed by atoms with Crippen LogP contribution in [0.4, 0.5) is 19.5 Å². The standard InChI is InChI=1S/C23H24F2N5O9P/c1-3-33-19-16-18(28-21(26)29-19)30(10-27-16)20-23(2)17(37-22(31)38-23)15(36-20)9-35-40(32)34-7-6-14(39-40)12-5-4-11(24)8-13(12)25/h4-5,8,10,14-15,17,20H,3,6-7,9H2,1-2H3,(H2,26,28,29)/t14-,15?,17+,20+,23+,40+/m0/s1. The first-order chi connectivity index (χ1) is 19.1. The summed E-state index contributed by atoms with van der Waals surface area (Å²) in [5, 5.41) is 0. The van der Waals surface area contributed by atoms with E-state index in [4.69, 9.17) is 38.3 Å². The van der Waals surface area contributed by atoms with Crippen LogP contribution < -0.4 is 10.5 Å². The van der Waals surface area contributed by atoms with Crippen LogP contribution >= 0.6 is 7.82 Å². The normalized spacial score (nSPS) is 31.6. The third kappa shape index (κ3) is 4.55. The van der Waals surface area contributed by atoms with Gasteiger partial charge in [0.15, 0.2) is 29.1 Å². The molecule has 5 heterocycles. The maximum Gasteiger partial charge on any atom is 0.509 e. The number of imidazole rings is 1. The number of nitrogens with zero attached hydrogens (tertiary/aromatic N) is 4. The highest BCUT2D eigenvalue weighted by atomic mass is 31.2. The van der Waals surface area contributed by atoms with E-state index in [1.807, 2.05) is 0 Å². The number of aromatic nitrogens is 4. The molecule has 3 aromatic rings. The number of rotatable bonds is 7. The molecule has 0 bridgehead atoms. The summed E-state index contributed by atoms with van der Waals surface area (Å²) in [6.07, 6.45) is -3.42. The molecule has 2 N–H and O–H groups in total. The average Bonchev–Trinajstić information content (AvgIpc) is 3.52. The Hall–Kier alpha value is -3.43. The topological polar surface area (TPSA) is 168 Å². The van der Waals surface area contributed by atoms with Crippen molar-refractivity contribution in [2.45, 2.75) is 50.4 Å². The minimum atomic E-state index is -4.23. The number of nitrogen functional groups attached to an aromatic ring is 1. The zero-order valence-corrected chi connectivity index (χ0v) is 22.1. The van der Waals surface area contributed by atoms with E-state index in [2.05, 4.69) is 15.0 Å². The van der Waals surface area contributed by atoms with Crippen LogP contribution in [0.2, 0.25) is 0 Å². The zero-order valence-electron chi connectivity index (χ0n) is 21.2. The lowest BCUT2D eigenvalue weighted by molar-refractivity contribution is -0.0926. The molecule has 6 atom stereocenters. The van der Waals surface area contributed by atoms with Gasteiger partial charge in [-0.3, -0.25) is 18.1 Å². The van der Waals surface area contributed by atoms with Gasteiger partial charge in [-0.15, -0.1) is 0 Å². The second-order valence-electron chi connectivity index (χ2n) is 9.37. The molecule has 0 amide bonds. The van der Waals surface area contributed by atoms with Crippen LogP contribution in [0, 0.1) is 11.6 Å². The number of carbonyl (C=O) groups excluding carboxylic acids is 1. The lowest BCUT2D eigenvalue weighted by atomic mass is 9.96. The van der Waals surface area contributed by atoms with Gasteiger partial charge in [0.25, 0.3) is 0 Å². The Morgan fingerprint density at radius 3 is 2.90 bits per heavy atom. The fourth-order valence-electron chi connectivity index (χ4n) is 4.99. The molecule has 0 spiro atoms. The van der Waals surface area contributed by atoms with Crippen molar-refractivity contribution >= 4 is 31.1 Å². The Morgan fingerprint density at radius 1 is 1.30 bits per heavy atom. The van der Waals surface area contributed by atoms with Crippen molar-refractivity contribution in [1.82, 2.24) is 19.5 Å². The molecule has 3 fully saturated rings. The quantitative estimate of drug-likeness (QED) is 0.317. The Bertz CT molecular complexity index is 1530. The third-order valence-corrected chi connectivity index (χ3v) is 8.23. The van der Waals surface area contributed by atoms with Crippen LogP contribution in [0.15, 0.2) is 24.5 Å². The summed E-state index contributed by atoms with van der Waals surface area (Å²) in [5.41, 5.74) is 5.05. The molecule has 3 aliphatic rings. The summed E-state index contributed by atoms with van der Waals surface area (Å²) in [7, 11) is -4.23. The van der Waals surface area contributed by atoms with Crippen LogP contribution in [0.1, 0.15) is 38.2 Å². The van der Waals surface area contributed by atoms with E-state index in [1.165, 1.54) is 17.0 Å². The van der Waals surface area contributed by atoms with Crippen molar-refractivity contribution < 1.29 is 50.7 Å². The van der Waals surface area contributed by atoms with Crippen LogP contribution in [0.25, 0.3) is 11.2 Å². The van der Waals surface area contributed by atoms with Gasteiger partial charge in [0.05, 0.1) is 32.3 Å². The predicted octanol–water partition coefficient (Wildman–Crippen LogP) is 3.58. The molecule has 214 valence electrons. The van der Waals surface area contributed by atoms with Gasteiger partial charge >= 0.3 is 14.0 Å².